The molecule has 3 rings (SSSR count). The maximum Gasteiger partial charge on any atom is 0.317 e. The van der Waals surface area contributed by atoms with Crippen LogP contribution in [0.15, 0.2) is 60.7 Å². The second-order valence-electron chi connectivity index (χ2n) is 6.71. The number of carbonyl (C=O) groups excluding carboxylic acids is 2. The standard InChI is InChI=1S/C22H21NO4/c1-2-27-21(25)20-18(24)13-22(26,16-11-7-4-8-12-16)17(14-23)19(20)15-9-5-3-6-10-15/h3-12,17,19-20,26H,2,13H2,1H3/t17-,19+,20-,22+/m0/s1. The molecule has 0 bridgehead atoms. The largest absolute Gasteiger partial charge is 0.465 e. The first-order valence-corrected chi connectivity index (χ1v) is 8.94. The summed E-state index contributed by atoms with van der Waals surface area (Å²) in [6.45, 7) is 1.81. The molecule has 1 saturated carbocycles. The van der Waals surface area contributed by atoms with Crippen molar-refractivity contribution in [3.63, 3.8) is 0 Å². The number of ether oxygens (including phenoxy) is 1. The molecular formula is C22H21NO4. The van der Waals surface area contributed by atoms with Gasteiger partial charge in [-0.25, -0.2) is 0 Å². The van der Waals surface area contributed by atoms with E-state index < -0.39 is 35.1 Å². The van der Waals surface area contributed by atoms with E-state index >= 15 is 0 Å². The first-order chi connectivity index (χ1) is 13.0. The van der Waals surface area contributed by atoms with E-state index in [0.717, 1.165) is 0 Å². The van der Waals surface area contributed by atoms with Crippen LogP contribution in [0.25, 0.3) is 0 Å². The molecule has 0 aromatic heterocycles. The van der Waals surface area contributed by atoms with Crippen LogP contribution in [0.1, 0.15) is 30.4 Å². The fourth-order valence-electron chi connectivity index (χ4n) is 3.94. The molecule has 1 N–H and O–H groups in total. The van der Waals surface area contributed by atoms with Crippen LogP contribution in [0.4, 0.5) is 0 Å². The number of ketones is 1. The fraction of sp³-hybridized carbons (Fsp3) is 0.318. The number of nitrogens with zero attached hydrogens (tertiary/aromatic N) is 1. The van der Waals surface area contributed by atoms with E-state index in [9.17, 15) is 20.0 Å². The van der Waals surface area contributed by atoms with Gasteiger partial charge in [0.15, 0.2) is 5.78 Å². The molecule has 0 unspecified atom stereocenters. The van der Waals surface area contributed by atoms with Crippen molar-refractivity contribution in [1.82, 2.24) is 0 Å². The lowest BCUT2D eigenvalue weighted by Gasteiger charge is -2.44. The molecule has 5 heteroatoms. The monoisotopic (exact) mass is 363 g/mol. The average molecular weight is 363 g/mol. The zero-order valence-electron chi connectivity index (χ0n) is 15.0. The number of hydrogen-bond acceptors (Lipinski definition) is 5. The Hall–Kier alpha value is -2.97. The summed E-state index contributed by atoms with van der Waals surface area (Å²) < 4.78 is 5.12. The number of nitriles is 1. The highest BCUT2D eigenvalue weighted by molar-refractivity contribution is 6.01. The van der Waals surface area contributed by atoms with E-state index in [1.807, 2.05) is 6.07 Å². The van der Waals surface area contributed by atoms with Crippen LogP contribution >= 0.6 is 0 Å². The molecule has 0 amide bonds. The van der Waals surface area contributed by atoms with Gasteiger partial charge in [0.05, 0.1) is 18.6 Å². The predicted molar refractivity (Wildman–Crippen MR) is 98.4 cm³/mol. The zero-order chi connectivity index (χ0) is 19.4. The van der Waals surface area contributed by atoms with Crippen molar-refractivity contribution < 1.29 is 19.4 Å². The second kappa shape index (κ2) is 7.73. The van der Waals surface area contributed by atoms with Gasteiger partial charge in [0.2, 0.25) is 0 Å². The van der Waals surface area contributed by atoms with Gasteiger partial charge in [0.25, 0.3) is 0 Å². The quantitative estimate of drug-likeness (QED) is 0.666. The van der Waals surface area contributed by atoms with Crippen molar-refractivity contribution in [2.24, 2.45) is 11.8 Å². The Kier molecular flexibility index (Phi) is 5.38. The molecule has 0 spiro atoms. The summed E-state index contributed by atoms with van der Waals surface area (Å²) in [6, 6.07) is 19.8. The van der Waals surface area contributed by atoms with Crippen LogP contribution in [0.3, 0.4) is 0 Å². The van der Waals surface area contributed by atoms with E-state index in [-0.39, 0.29) is 13.0 Å². The Morgan fingerprint density at radius 3 is 2.33 bits per heavy atom. The molecule has 0 radical (unpaired) electrons. The summed E-state index contributed by atoms with van der Waals surface area (Å²) in [4.78, 5) is 25.5. The molecular weight excluding hydrogens is 342 g/mol. The highest BCUT2D eigenvalue weighted by Crippen LogP contribution is 2.50. The number of aliphatic hydroxyl groups is 1. The number of Topliss-reactive ketones (excluding diaryl/α,β-unsaturated/α-hetero) is 1. The van der Waals surface area contributed by atoms with Crippen LogP contribution in [0, 0.1) is 23.2 Å². The van der Waals surface area contributed by atoms with Crippen molar-refractivity contribution >= 4 is 11.8 Å². The molecule has 1 fully saturated rings. The number of benzene rings is 2. The lowest BCUT2D eigenvalue weighted by Crippen LogP contribution is -2.51. The lowest BCUT2D eigenvalue weighted by atomic mass is 9.60. The Balaban J connectivity index is 2.15. The van der Waals surface area contributed by atoms with Crippen molar-refractivity contribution in [2.45, 2.75) is 24.9 Å². The second-order valence-corrected chi connectivity index (χ2v) is 6.71. The van der Waals surface area contributed by atoms with Crippen LogP contribution in [0.5, 0.6) is 0 Å². The molecule has 138 valence electrons. The maximum absolute atomic E-state index is 13.0. The average Bonchev–Trinajstić information content (AvgIpc) is 2.69. The van der Waals surface area contributed by atoms with Gasteiger partial charge in [0, 0.05) is 12.3 Å². The van der Waals surface area contributed by atoms with Crippen LogP contribution in [0.2, 0.25) is 0 Å². The third kappa shape index (κ3) is 3.36. The van der Waals surface area contributed by atoms with Crippen molar-refractivity contribution in [1.29, 1.82) is 5.26 Å². The third-order valence-electron chi connectivity index (χ3n) is 5.16. The zero-order valence-corrected chi connectivity index (χ0v) is 15.0. The normalized spacial score (nSPS) is 27.6. The van der Waals surface area contributed by atoms with E-state index in [1.165, 1.54) is 0 Å². The maximum atomic E-state index is 13.0. The summed E-state index contributed by atoms with van der Waals surface area (Å²) in [6.07, 6.45) is -0.304. The molecule has 0 heterocycles. The van der Waals surface area contributed by atoms with Crippen LogP contribution in [-0.2, 0) is 19.9 Å². The van der Waals surface area contributed by atoms with Gasteiger partial charge in [-0.15, -0.1) is 0 Å². The first kappa shape index (κ1) is 18.8. The van der Waals surface area contributed by atoms with Gasteiger partial charge in [-0.05, 0) is 18.1 Å². The van der Waals surface area contributed by atoms with Crippen molar-refractivity contribution in [2.75, 3.05) is 6.61 Å². The minimum atomic E-state index is -1.67. The van der Waals surface area contributed by atoms with Crippen molar-refractivity contribution in [3.05, 3.63) is 71.8 Å². The summed E-state index contributed by atoms with van der Waals surface area (Å²) >= 11 is 0. The van der Waals surface area contributed by atoms with Gasteiger partial charge in [-0.2, -0.15) is 5.26 Å². The van der Waals surface area contributed by atoms with Crippen LogP contribution < -0.4 is 0 Å². The minimum Gasteiger partial charge on any atom is -0.465 e. The Bertz CT molecular complexity index is 859. The molecule has 0 saturated heterocycles. The fourth-order valence-corrected chi connectivity index (χ4v) is 3.94. The van der Waals surface area contributed by atoms with Crippen molar-refractivity contribution in [3.8, 4) is 6.07 Å². The number of esters is 1. The molecule has 2 aromatic carbocycles. The summed E-state index contributed by atoms with van der Waals surface area (Å²) in [7, 11) is 0. The third-order valence-corrected chi connectivity index (χ3v) is 5.16. The number of hydrogen-bond donors (Lipinski definition) is 1. The van der Waals surface area contributed by atoms with E-state index in [2.05, 4.69) is 6.07 Å². The molecule has 4 atom stereocenters. The van der Waals surface area contributed by atoms with Gasteiger partial charge in [-0.3, -0.25) is 9.59 Å². The Labute approximate surface area is 158 Å². The van der Waals surface area contributed by atoms with Gasteiger partial charge < -0.3 is 9.84 Å². The van der Waals surface area contributed by atoms with Gasteiger partial charge >= 0.3 is 5.97 Å². The van der Waals surface area contributed by atoms with E-state index in [0.29, 0.717) is 11.1 Å². The number of carbonyl (C=O) groups is 2. The SMILES string of the molecule is CCOC(=O)[C@H]1C(=O)C[C@@](O)(c2ccccc2)[C@@H](C#N)[C@H]1c1ccccc1. The molecule has 2 aromatic rings. The Morgan fingerprint density at radius 2 is 1.78 bits per heavy atom. The summed E-state index contributed by atoms with van der Waals surface area (Å²) in [5.74, 6) is -3.94. The summed E-state index contributed by atoms with van der Waals surface area (Å²) in [5, 5.41) is 21.4. The van der Waals surface area contributed by atoms with E-state index in [1.54, 1.807) is 61.5 Å². The molecule has 5 nitrogen and oxygen atoms in total. The van der Waals surface area contributed by atoms with Crippen LogP contribution in [-0.4, -0.2) is 23.5 Å². The van der Waals surface area contributed by atoms with Gasteiger partial charge in [0.1, 0.15) is 11.5 Å². The lowest BCUT2D eigenvalue weighted by molar-refractivity contribution is -0.161. The molecule has 1 aliphatic rings. The minimum absolute atomic E-state index is 0.143. The number of rotatable bonds is 4. The van der Waals surface area contributed by atoms with E-state index in [4.69, 9.17) is 4.74 Å². The predicted octanol–water partition coefficient (Wildman–Crippen LogP) is 2.95. The first-order valence-electron chi connectivity index (χ1n) is 8.94. The highest BCUT2D eigenvalue weighted by atomic mass is 16.5. The molecule has 0 aliphatic heterocycles. The topological polar surface area (TPSA) is 87.4 Å². The van der Waals surface area contributed by atoms with Gasteiger partial charge in [-0.1, -0.05) is 60.7 Å². The molecule has 1 aliphatic carbocycles. The Morgan fingerprint density at radius 1 is 1.19 bits per heavy atom. The molecule has 27 heavy (non-hydrogen) atoms. The smallest absolute Gasteiger partial charge is 0.317 e. The summed E-state index contributed by atoms with van der Waals surface area (Å²) in [5.41, 5.74) is -0.519. The highest BCUT2D eigenvalue weighted by Gasteiger charge is 2.56.